The molecule has 2 N–H and O–H groups in total. The Balaban J connectivity index is 2.54. The van der Waals surface area contributed by atoms with Crippen LogP contribution in [0.15, 0.2) is 15.0 Å². The highest BCUT2D eigenvalue weighted by molar-refractivity contribution is 9.13. The van der Waals surface area contributed by atoms with Crippen molar-refractivity contribution in [2.24, 2.45) is 0 Å². The highest BCUT2D eigenvalue weighted by atomic mass is 79.9. The lowest BCUT2D eigenvalue weighted by atomic mass is 10.0. The molecule has 1 aromatic rings. The summed E-state index contributed by atoms with van der Waals surface area (Å²) < 4.78 is 46.2. The first kappa shape index (κ1) is 17.8. The fourth-order valence-electron chi connectivity index (χ4n) is 2.49. The molecule has 0 unspecified atom stereocenters. The monoisotopic (exact) mass is 446 g/mol. The highest BCUT2D eigenvalue weighted by Gasteiger charge is 2.46. The number of nitrogens with one attached hydrogen (secondary N) is 1. The highest BCUT2D eigenvalue weighted by Crippen LogP contribution is 2.48. The molecule has 124 valence electrons. The number of alkyl halides is 3. The van der Waals surface area contributed by atoms with E-state index in [1.807, 2.05) is 0 Å². The lowest BCUT2D eigenvalue weighted by molar-refractivity contribution is -0.188. The average molecular weight is 448 g/mol. The first-order chi connectivity index (χ1) is 10.3. The van der Waals surface area contributed by atoms with Gasteiger partial charge in [-0.05, 0) is 43.5 Å². The number of phenolic OH excluding ortho intramolecular Hbond substituents is 1. The van der Waals surface area contributed by atoms with Crippen molar-refractivity contribution in [2.75, 3.05) is 33.3 Å². The summed E-state index contributed by atoms with van der Waals surface area (Å²) in [6.07, 6.45) is -4.44. The van der Waals surface area contributed by atoms with Gasteiger partial charge in [-0.2, -0.15) is 13.2 Å². The predicted octanol–water partition coefficient (Wildman–Crippen LogP) is 3.43. The molecule has 0 saturated carbocycles. The van der Waals surface area contributed by atoms with Gasteiger partial charge in [-0.3, -0.25) is 4.90 Å². The van der Waals surface area contributed by atoms with E-state index in [-0.39, 0.29) is 39.1 Å². The summed E-state index contributed by atoms with van der Waals surface area (Å²) in [5.74, 6) is -0.242. The van der Waals surface area contributed by atoms with Crippen molar-refractivity contribution >= 4 is 31.9 Å². The van der Waals surface area contributed by atoms with Gasteiger partial charge in [0.25, 0.3) is 0 Å². The van der Waals surface area contributed by atoms with Crippen LogP contribution in [0.25, 0.3) is 0 Å². The number of piperazine rings is 1. The zero-order chi connectivity index (χ0) is 16.5. The van der Waals surface area contributed by atoms with Crippen LogP contribution in [0.5, 0.6) is 11.5 Å². The Morgan fingerprint density at radius 3 is 2.36 bits per heavy atom. The fourth-order valence-corrected chi connectivity index (χ4v) is 3.43. The maximum absolute atomic E-state index is 13.6. The van der Waals surface area contributed by atoms with Crippen molar-refractivity contribution in [1.82, 2.24) is 10.2 Å². The van der Waals surface area contributed by atoms with Crippen molar-refractivity contribution in [1.29, 1.82) is 0 Å². The van der Waals surface area contributed by atoms with Crippen LogP contribution in [0.3, 0.4) is 0 Å². The summed E-state index contributed by atoms with van der Waals surface area (Å²) in [6, 6.07) is -0.542. The van der Waals surface area contributed by atoms with E-state index in [0.29, 0.717) is 13.1 Å². The van der Waals surface area contributed by atoms with Crippen LogP contribution in [-0.4, -0.2) is 49.5 Å². The molecule has 1 aliphatic heterocycles. The van der Waals surface area contributed by atoms with E-state index in [1.54, 1.807) is 0 Å². The third-order valence-electron chi connectivity index (χ3n) is 3.52. The summed E-state index contributed by atoms with van der Waals surface area (Å²) in [4.78, 5) is 1.37. The van der Waals surface area contributed by atoms with Gasteiger partial charge in [0, 0.05) is 30.7 Å². The molecule has 2 rings (SSSR count). The first-order valence-electron chi connectivity index (χ1n) is 6.53. The van der Waals surface area contributed by atoms with Crippen LogP contribution in [0.2, 0.25) is 0 Å². The minimum Gasteiger partial charge on any atom is -0.503 e. The maximum atomic E-state index is 13.6. The number of benzene rings is 1. The molecule has 0 bridgehead atoms. The molecule has 0 spiro atoms. The van der Waals surface area contributed by atoms with Crippen LogP contribution in [0.1, 0.15) is 11.6 Å². The Morgan fingerprint density at radius 2 is 1.86 bits per heavy atom. The molecule has 1 fully saturated rings. The molecule has 0 amide bonds. The van der Waals surface area contributed by atoms with E-state index in [0.717, 1.165) is 0 Å². The smallest absolute Gasteiger partial charge is 0.408 e. The van der Waals surface area contributed by atoms with Crippen molar-refractivity contribution < 1.29 is 23.0 Å². The Hall–Kier alpha value is -0.510. The molecule has 0 aromatic heterocycles. The van der Waals surface area contributed by atoms with Gasteiger partial charge in [-0.25, -0.2) is 0 Å². The van der Waals surface area contributed by atoms with E-state index in [1.165, 1.54) is 18.1 Å². The van der Waals surface area contributed by atoms with Crippen molar-refractivity contribution in [3.05, 3.63) is 20.6 Å². The molecule has 0 aliphatic carbocycles. The van der Waals surface area contributed by atoms with Gasteiger partial charge in [0.05, 0.1) is 11.6 Å². The Kier molecular flexibility index (Phi) is 5.63. The molecule has 22 heavy (non-hydrogen) atoms. The van der Waals surface area contributed by atoms with Gasteiger partial charge in [-0.15, -0.1) is 0 Å². The van der Waals surface area contributed by atoms with Crippen LogP contribution in [0, 0.1) is 0 Å². The number of methoxy groups -OCH3 is 1. The third kappa shape index (κ3) is 3.52. The second kappa shape index (κ2) is 6.94. The number of hydrogen-bond acceptors (Lipinski definition) is 4. The van der Waals surface area contributed by atoms with Crippen LogP contribution >= 0.6 is 31.9 Å². The van der Waals surface area contributed by atoms with Gasteiger partial charge in [0.15, 0.2) is 11.5 Å². The Bertz CT molecular complexity index is 549. The van der Waals surface area contributed by atoms with Crippen molar-refractivity contribution in [2.45, 2.75) is 12.2 Å². The molecule has 0 radical (unpaired) electrons. The van der Waals surface area contributed by atoms with E-state index >= 15 is 0 Å². The summed E-state index contributed by atoms with van der Waals surface area (Å²) in [5.41, 5.74) is 0.0101. The summed E-state index contributed by atoms with van der Waals surface area (Å²) in [6.45, 7) is 1.58. The number of hydrogen-bond donors (Lipinski definition) is 2. The van der Waals surface area contributed by atoms with Crippen molar-refractivity contribution in [3.8, 4) is 11.5 Å². The summed E-state index contributed by atoms with van der Waals surface area (Å²) in [5, 5.41) is 12.9. The van der Waals surface area contributed by atoms with Gasteiger partial charge in [0.2, 0.25) is 0 Å². The predicted molar refractivity (Wildman–Crippen MR) is 83.3 cm³/mol. The number of nitrogens with zero attached hydrogens (tertiary/aromatic N) is 1. The first-order valence-corrected chi connectivity index (χ1v) is 8.12. The Morgan fingerprint density at radius 1 is 1.27 bits per heavy atom. The topological polar surface area (TPSA) is 44.7 Å². The van der Waals surface area contributed by atoms with Gasteiger partial charge < -0.3 is 15.2 Å². The Labute approximate surface area is 142 Å². The van der Waals surface area contributed by atoms with Crippen LogP contribution in [0.4, 0.5) is 13.2 Å². The molecule has 1 aromatic carbocycles. The quantitative estimate of drug-likeness (QED) is 0.745. The third-order valence-corrected chi connectivity index (χ3v) is 5.67. The summed E-state index contributed by atoms with van der Waals surface area (Å²) >= 11 is 6.25. The van der Waals surface area contributed by atoms with Gasteiger partial charge >= 0.3 is 6.18 Å². The van der Waals surface area contributed by atoms with Crippen LogP contribution < -0.4 is 10.1 Å². The minimum absolute atomic E-state index is 0.00513. The second-order valence-electron chi connectivity index (χ2n) is 4.87. The number of aromatic hydroxyl groups is 1. The maximum Gasteiger partial charge on any atom is 0.408 e. The van der Waals surface area contributed by atoms with Crippen LogP contribution in [-0.2, 0) is 0 Å². The molecule has 1 aliphatic rings. The lowest BCUT2D eigenvalue weighted by Gasteiger charge is -2.36. The van der Waals surface area contributed by atoms with Gasteiger partial charge in [-0.1, -0.05) is 0 Å². The molecular formula is C13H15Br2F3N2O2. The van der Waals surface area contributed by atoms with E-state index in [9.17, 15) is 18.3 Å². The second-order valence-corrected chi connectivity index (χ2v) is 6.46. The van der Waals surface area contributed by atoms with E-state index in [4.69, 9.17) is 4.74 Å². The molecular weight excluding hydrogens is 433 g/mol. The fraction of sp³-hybridized carbons (Fsp3) is 0.538. The minimum atomic E-state index is -4.44. The standard InChI is InChI=1S/C13H15Br2F3N2O2/c1-22-8-6-7(9(14)10(15)11(8)21)12(13(16,17)18)20-4-2-19-3-5-20/h6,12,19,21H,2-5H2,1H3/t12-/m1/s1. The lowest BCUT2D eigenvalue weighted by Crippen LogP contribution is -2.49. The molecule has 1 atom stereocenters. The number of rotatable bonds is 3. The molecule has 9 heteroatoms. The normalized spacial score (nSPS) is 18.3. The van der Waals surface area contributed by atoms with E-state index < -0.39 is 12.2 Å². The van der Waals surface area contributed by atoms with Crippen molar-refractivity contribution in [3.63, 3.8) is 0 Å². The SMILES string of the molecule is COc1cc([C@@H](N2CCNCC2)C(F)(F)F)c(Br)c(Br)c1O. The summed E-state index contributed by atoms with van der Waals surface area (Å²) in [7, 11) is 1.30. The largest absolute Gasteiger partial charge is 0.503 e. The average Bonchev–Trinajstić information content (AvgIpc) is 2.47. The molecule has 1 heterocycles. The number of halogens is 5. The van der Waals surface area contributed by atoms with Gasteiger partial charge in [0.1, 0.15) is 6.04 Å². The number of phenols is 1. The zero-order valence-corrected chi connectivity index (χ0v) is 14.8. The molecule has 1 saturated heterocycles. The number of ether oxygens (including phenoxy) is 1. The zero-order valence-electron chi connectivity index (χ0n) is 11.7. The van der Waals surface area contributed by atoms with E-state index in [2.05, 4.69) is 37.2 Å². The molecule has 4 nitrogen and oxygen atoms in total.